The maximum atomic E-state index is 11.4. The van der Waals surface area contributed by atoms with Crippen LogP contribution in [0.1, 0.15) is 54.4 Å². The van der Waals surface area contributed by atoms with Gasteiger partial charge in [-0.15, -0.1) is 0 Å². The largest absolute Gasteiger partial charge is 0.881 e. The Bertz CT molecular complexity index is 408. The normalized spacial score (nSPS) is 13.2. The molecule has 0 aromatic rings. The van der Waals surface area contributed by atoms with Crippen molar-refractivity contribution < 1.29 is 17.2 Å². The molecular formula is C14H22AlO4. The van der Waals surface area contributed by atoms with Crippen molar-refractivity contribution in [3.63, 3.8) is 0 Å². The fourth-order valence-corrected chi connectivity index (χ4v) is 2.08. The molecule has 0 amide bonds. The maximum absolute atomic E-state index is 11.4. The molecule has 0 atom stereocenters. The molecule has 0 bridgehead atoms. The van der Waals surface area contributed by atoms with Crippen LogP contribution in [-0.2, 0) is 17.2 Å². The van der Waals surface area contributed by atoms with Crippen LogP contribution in [-0.4, -0.2) is 27.5 Å². The van der Waals surface area contributed by atoms with E-state index >= 15 is 0 Å². The van der Waals surface area contributed by atoms with Crippen molar-refractivity contribution >= 4 is 27.5 Å². The first-order valence-corrected chi connectivity index (χ1v) is 7.29. The zero-order valence-electron chi connectivity index (χ0n) is 12.6. The average Bonchev–Trinajstić information content (AvgIpc) is 2.33. The first-order valence-electron chi connectivity index (χ1n) is 6.35. The molecule has 19 heavy (non-hydrogen) atoms. The van der Waals surface area contributed by atoms with Crippen LogP contribution in [0.3, 0.4) is 0 Å². The fraction of sp³-hybridized carbons (Fsp3) is 0.571. The minimum absolute atomic E-state index is 0.0143. The summed E-state index contributed by atoms with van der Waals surface area (Å²) < 4.78 is 10.9. The SMILES string of the molecule is CCC/C(C(C)=O)=C(\C)[O][Al][O]/C(C)=C(/C)C(C)=O. The number of carbonyl (C=O) groups excluding carboxylic acids is 2. The molecule has 105 valence electrons. The lowest BCUT2D eigenvalue weighted by atomic mass is 10.1. The Hall–Kier alpha value is -1.05. The number of Topliss-reactive ketones (excluding diaryl/α,β-unsaturated/α-hetero) is 2. The molecule has 0 aliphatic rings. The average molecular weight is 281 g/mol. The van der Waals surface area contributed by atoms with Gasteiger partial charge in [0.2, 0.25) is 0 Å². The second-order valence-electron chi connectivity index (χ2n) is 4.41. The van der Waals surface area contributed by atoms with Gasteiger partial charge < -0.3 is 7.58 Å². The van der Waals surface area contributed by atoms with Crippen molar-refractivity contribution in [3.05, 3.63) is 22.7 Å². The summed E-state index contributed by atoms with van der Waals surface area (Å²) in [5, 5.41) is 0. The first-order chi connectivity index (χ1) is 8.81. The summed E-state index contributed by atoms with van der Waals surface area (Å²) in [6.45, 7) is 10.3. The molecule has 0 aromatic heterocycles. The number of ketones is 2. The van der Waals surface area contributed by atoms with Crippen LogP contribution in [0.5, 0.6) is 0 Å². The molecule has 0 rings (SSSR count). The molecule has 0 N–H and O–H groups in total. The molecule has 0 saturated heterocycles. The number of hydrogen-bond donors (Lipinski definition) is 0. The van der Waals surface area contributed by atoms with Crippen molar-refractivity contribution in [1.82, 2.24) is 0 Å². The van der Waals surface area contributed by atoms with Gasteiger partial charge in [0.25, 0.3) is 0 Å². The highest BCUT2D eigenvalue weighted by molar-refractivity contribution is 6.19. The topological polar surface area (TPSA) is 52.6 Å². The van der Waals surface area contributed by atoms with Gasteiger partial charge in [-0.05, 0) is 41.0 Å². The van der Waals surface area contributed by atoms with Gasteiger partial charge in [0, 0.05) is 11.1 Å². The van der Waals surface area contributed by atoms with E-state index in [1.807, 2.05) is 6.92 Å². The van der Waals surface area contributed by atoms with Gasteiger partial charge >= 0.3 is 15.9 Å². The van der Waals surface area contributed by atoms with Gasteiger partial charge in [-0.2, -0.15) is 0 Å². The minimum Gasteiger partial charge on any atom is -0.619 e. The van der Waals surface area contributed by atoms with Crippen molar-refractivity contribution in [2.45, 2.75) is 54.4 Å². The van der Waals surface area contributed by atoms with E-state index in [1.54, 1.807) is 27.7 Å². The monoisotopic (exact) mass is 281 g/mol. The van der Waals surface area contributed by atoms with E-state index in [0.29, 0.717) is 29.1 Å². The Morgan fingerprint density at radius 3 is 1.84 bits per heavy atom. The van der Waals surface area contributed by atoms with Crippen LogP contribution in [0.15, 0.2) is 22.7 Å². The van der Waals surface area contributed by atoms with Gasteiger partial charge in [0.05, 0.1) is 11.5 Å². The van der Waals surface area contributed by atoms with Crippen LogP contribution >= 0.6 is 0 Å². The molecule has 0 aliphatic carbocycles. The van der Waals surface area contributed by atoms with Crippen LogP contribution in [0.2, 0.25) is 0 Å². The van der Waals surface area contributed by atoms with Crippen LogP contribution < -0.4 is 0 Å². The van der Waals surface area contributed by atoms with Crippen LogP contribution in [0, 0.1) is 0 Å². The zero-order valence-corrected chi connectivity index (χ0v) is 13.8. The summed E-state index contributed by atoms with van der Waals surface area (Å²) >= 11 is -0.761. The molecule has 0 unspecified atom stereocenters. The van der Waals surface area contributed by atoms with Crippen LogP contribution in [0.4, 0.5) is 0 Å². The third-order valence-corrected chi connectivity index (χ3v) is 3.76. The summed E-state index contributed by atoms with van der Waals surface area (Å²) in [6.07, 6.45) is 1.61. The smallest absolute Gasteiger partial charge is 0.619 e. The van der Waals surface area contributed by atoms with E-state index in [0.717, 1.165) is 6.42 Å². The Morgan fingerprint density at radius 1 is 0.895 bits per heavy atom. The van der Waals surface area contributed by atoms with E-state index < -0.39 is 15.9 Å². The summed E-state index contributed by atoms with van der Waals surface area (Å²) in [7, 11) is 0. The standard InChI is InChI=1S/C8H14O2.C6H10O2.Al/c1-4-5-8(6(2)9)7(3)10;1-4(5(2)7)6(3)8;/h9H,4-5H2,1-3H3;7H,1-3H3;/q;;+2/p-2/b8-6-;5-4-;. The molecule has 0 saturated carbocycles. The Labute approximate surface area is 122 Å². The van der Waals surface area contributed by atoms with Gasteiger partial charge in [0.1, 0.15) is 0 Å². The highest BCUT2D eigenvalue weighted by Gasteiger charge is 2.13. The van der Waals surface area contributed by atoms with E-state index in [1.165, 1.54) is 6.92 Å². The molecule has 1 radical (unpaired) electrons. The van der Waals surface area contributed by atoms with Crippen LogP contribution in [0.25, 0.3) is 0 Å². The van der Waals surface area contributed by atoms with Crippen molar-refractivity contribution in [2.24, 2.45) is 0 Å². The quantitative estimate of drug-likeness (QED) is 0.390. The van der Waals surface area contributed by atoms with Crippen molar-refractivity contribution in [2.75, 3.05) is 0 Å². The molecule has 0 aromatic carbocycles. The molecule has 4 nitrogen and oxygen atoms in total. The second-order valence-corrected chi connectivity index (χ2v) is 5.07. The molecule has 0 spiro atoms. The minimum atomic E-state index is -0.761. The third kappa shape index (κ3) is 6.61. The van der Waals surface area contributed by atoms with Gasteiger partial charge in [-0.25, -0.2) is 0 Å². The Morgan fingerprint density at radius 2 is 1.42 bits per heavy atom. The number of allylic oxidation sites excluding steroid dienone is 4. The summed E-state index contributed by atoms with van der Waals surface area (Å²) in [6, 6.07) is 0. The second kappa shape index (κ2) is 8.95. The van der Waals surface area contributed by atoms with Gasteiger partial charge in [-0.1, -0.05) is 13.3 Å². The Balaban J connectivity index is 4.56. The van der Waals surface area contributed by atoms with E-state index in [-0.39, 0.29) is 11.6 Å². The molecule has 0 heterocycles. The third-order valence-electron chi connectivity index (χ3n) is 2.86. The summed E-state index contributed by atoms with van der Waals surface area (Å²) in [5.41, 5.74) is 1.31. The lowest BCUT2D eigenvalue weighted by molar-refractivity contribution is -0.114. The maximum Gasteiger partial charge on any atom is 0.881 e. The lowest BCUT2D eigenvalue weighted by Gasteiger charge is -2.13. The van der Waals surface area contributed by atoms with Crippen molar-refractivity contribution in [3.8, 4) is 0 Å². The molecule has 0 aliphatic heterocycles. The van der Waals surface area contributed by atoms with Gasteiger partial charge in [0.15, 0.2) is 11.6 Å². The molecular weight excluding hydrogens is 259 g/mol. The highest BCUT2D eigenvalue weighted by atomic mass is 27.2. The zero-order chi connectivity index (χ0) is 15.0. The number of carbonyl (C=O) groups is 2. The number of hydrogen-bond acceptors (Lipinski definition) is 4. The molecule has 5 heteroatoms. The van der Waals surface area contributed by atoms with E-state index in [9.17, 15) is 9.59 Å². The summed E-state index contributed by atoms with van der Waals surface area (Å²) in [5.74, 6) is 1.22. The molecule has 0 fully saturated rings. The Kier molecular flexibility index (Phi) is 8.46. The van der Waals surface area contributed by atoms with E-state index in [4.69, 9.17) is 7.58 Å². The predicted octanol–water partition coefficient (Wildman–Crippen LogP) is 3.10. The summed E-state index contributed by atoms with van der Waals surface area (Å²) in [4.78, 5) is 22.6. The van der Waals surface area contributed by atoms with Crippen molar-refractivity contribution in [1.29, 1.82) is 0 Å². The van der Waals surface area contributed by atoms with E-state index in [2.05, 4.69) is 0 Å². The number of rotatable bonds is 8. The highest BCUT2D eigenvalue weighted by Crippen LogP contribution is 2.14. The fourth-order valence-electron chi connectivity index (χ4n) is 1.43. The predicted molar refractivity (Wildman–Crippen MR) is 75.3 cm³/mol. The van der Waals surface area contributed by atoms with Gasteiger partial charge in [-0.3, -0.25) is 9.59 Å². The lowest BCUT2D eigenvalue weighted by Crippen LogP contribution is -2.09. The first kappa shape index (κ1) is 18.0.